The first-order valence-corrected chi connectivity index (χ1v) is 8.33. The summed E-state index contributed by atoms with van der Waals surface area (Å²) in [4.78, 5) is 11.8. The number of benzene rings is 2. The lowest BCUT2D eigenvalue weighted by atomic mass is 10.0. The van der Waals surface area contributed by atoms with Crippen molar-refractivity contribution in [3.63, 3.8) is 0 Å². The van der Waals surface area contributed by atoms with Crippen molar-refractivity contribution in [2.45, 2.75) is 12.3 Å². The quantitative estimate of drug-likeness (QED) is 0.940. The maximum absolute atomic E-state index is 11.8. The highest BCUT2D eigenvalue weighted by atomic mass is 32.2. The summed E-state index contributed by atoms with van der Waals surface area (Å²) in [6.07, 6.45) is 1.71. The van der Waals surface area contributed by atoms with Crippen LogP contribution in [0.3, 0.4) is 0 Å². The maximum atomic E-state index is 11.8. The van der Waals surface area contributed by atoms with Gasteiger partial charge >= 0.3 is 0 Å². The van der Waals surface area contributed by atoms with E-state index in [9.17, 15) is 13.2 Å². The van der Waals surface area contributed by atoms with Crippen LogP contribution >= 0.6 is 0 Å². The molecule has 3 rings (SSSR count). The summed E-state index contributed by atoms with van der Waals surface area (Å²) >= 11 is 0. The van der Waals surface area contributed by atoms with Crippen molar-refractivity contribution in [2.75, 3.05) is 6.26 Å². The fourth-order valence-electron chi connectivity index (χ4n) is 2.55. The minimum absolute atomic E-state index is 0.126. The largest absolute Gasteiger partial charge is 0.274 e. The van der Waals surface area contributed by atoms with Crippen LogP contribution in [0.15, 0.2) is 42.5 Å². The van der Waals surface area contributed by atoms with Crippen LogP contribution in [0.1, 0.15) is 17.9 Å². The molecular formula is C15H15NO3S. The minimum atomic E-state index is -3.47. The molecule has 0 spiro atoms. The zero-order chi connectivity index (χ0) is 14.3. The van der Waals surface area contributed by atoms with Gasteiger partial charge in [-0.2, -0.15) is 0 Å². The molecule has 0 aliphatic heterocycles. The molecule has 1 fully saturated rings. The molecule has 104 valence electrons. The van der Waals surface area contributed by atoms with Crippen molar-refractivity contribution >= 4 is 26.7 Å². The normalized spacial score (nSPS) is 21.6. The molecule has 20 heavy (non-hydrogen) atoms. The number of hydrogen-bond acceptors (Lipinski definition) is 3. The summed E-state index contributed by atoms with van der Waals surface area (Å²) in [6, 6.07) is 14.2. The lowest BCUT2D eigenvalue weighted by Gasteiger charge is -2.04. The van der Waals surface area contributed by atoms with Crippen molar-refractivity contribution in [1.82, 2.24) is 4.72 Å². The predicted octanol–water partition coefficient (Wildman–Crippen LogP) is 2.02. The minimum Gasteiger partial charge on any atom is -0.274 e. The molecular weight excluding hydrogens is 274 g/mol. The highest BCUT2D eigenvalue weighted by Crippen LogP contribution is 2.48. The number of carbonyl (C=O) groups is 1. The SMILES string of the molecule is CS(=O)(=O)NC(=O)C1CC1c1ccc2ccccc2c1. The number of fused-ring (bicyclic) bond motifs is 1. The topological polar surface area (TPSA) is 63.2 Å². The predicted molar refractivity (Wildman–Crippen MR) is 77.8 cm³/mol. The average Bonchev–Trinajstić information content (AvgIpc) is 3.16. The second-order valence-electron chi connectivity index (χ2n) is 5.29. The molecule has 0 radical (unpaired) electrons. The Morgan fingerprint density at radius 1 is 1.15 bits per heavy atom. The van der Waals surface area contributed by atoms with Crippen molar-refractivity contribution < 1.29 is 13.2 Å². The van der Waals surface area contributed by atoms with Crippen LogP contribution in [-0.2, 0) is 14.8 Å². The van der Waals surface area contributed by atoms with E-state index in [1.807, 2.05) is 36.4 Å². The Balaban J connectivity index is 1.79. The van der Waals surface area contributed by atoms with E-state index in [4.69, 9.17) is 0 Å². The van der Waals surface area contributed by atoms with Crippen LogP contribution < -0.4 is 4.72 Å². The van der Waals surface area contributed by atoms with Gasteiger partial charge in [0.05, 0.1) is 6.26 Å². The molecule has 4 nitrogen and oxygen atoms in total. The molecule has 0 heterocycles. The second-order valence-corrected chi connectivity index (χ2v) is 7.04. The van der Waals surface area contributed by atoms with E-state index in [1.54, 1.807) is 0 Å². The van der Waals surface area contributed by atoms with E-state index in [0.717, 1.165) is 22.6 Å². The third-order valence-electron chi connectivity index (χ3n) is 3.61. The Bertz CT molecular complexity index is 783. The number of rotatable bonds is 3. The first-order valence-electron chi connectivity index (χ1n) is 6.44. The van der Waals surface area contributed by atoms with Crippen LogP contribution in [0.4, 0.5) is 0 Å². The molecule has 2 aromatic rings. The van der Waals surface area contributed by atoms with Gasteiger partial charge in [-0.15, -0.1) is 0 Å². The van der Waals surface area contributed by atoms with Gasteiger partial charge < -0.3 is 0 Å². The third kappa shape index (κ3) is 2.67. The number of hydrogen-bond donors (Lipinski definition) is 1. The lowest BCUT2D eigenvalue weighted by molar-refractivity contribution is -0.120. The molecule has 2 atom stereocenters. The molecule has 2 unspecified atom stereocenters. The van der Waals surface area contributed by atoms with E-state index in [0.29, 0.717) is 6.42 Å². The summed E-state index contributed by atoms with van der Waals surface area (Å²) in [5, 5.41) is 2.30. The Hall–Kier alpha value is -1.88. The fourth-order valence-corrected chi connectivity index (χ4v) is 3.07. The standard InChI is InChI=1S/C15H15NO3S/c1-20(18,19)16-15(17)14-9-13(14)12-7-6-10-4-2-3-5-11(10)8-12/h2-8,13-14H,9H2,1H3,(H,16,17). The number of nitrogens with one attached hydrogen (secondary N) is 1. The van der Waals surface area contributed by atoms with Crippen LogP contribution in [0.2, 0.25) is 0 Å². The summed E-state index contributed by atoms with van der Waals surface area (Å²) in [7, 11) is -3.47. The van der Waals surface area contributed by atoms with Crippen LogP contribution in [0.25, 0.3) is 10.8 Å². The van der Waals surface area contributed by atoms with Crippen LogP contribution in [-0.4, -0.2) is 20.6 Å². The van der Waals surface area contributed by atoms with Crippen LogP contribution in [0.5, 0.6) is 0 Å². The first kappa shape index (κ1) is 13.1. The fraction of sp³-hybridized carbons (Fsp3) is 0.267. The third-order valence-corrected chi connectivity index (χ3v) is 4.19. The van der Waals surface area contributed by atoms with E-state index in [1.165, 1.54) is 0 Å². The molecule has 1 amide bonds. The second kappa shape index (κ2) is 4.59. The van der Waals surface area contributed by atoms with Crippen molar-refractivity contribution in [1.29, 1.82) is 0 Å². The van der Waals surface area contributed by atoms with Gasteiger partial charge in [-0.25, -0.2) is 8.42 Å². The molecule has 1 N–H and O–H groups in total. The lowest BCUT2D eigenvalue weighted by Crippen LogP contribution is -2.30. The molecule has 5 heteroatoms. The number of sulfonamides is 1. The van der Waals surface area contributed by atoms with Gasteiger partial charge in [-0.05, 0) is 28.7 Å². The molecule has 0 aromatic heterocycles. The van der Waals surface area contributed by atoms with Gasteiger partial charge in [0.25, 0.3) is 0 Å². The van der Waals surface area contributed by atoms with Gasteiger partial charge in [0.1, 0.15) is 0 Å². The molecule has 1 aliphatic rings. The van der Waals surface area contributed by atoms with E-state index >= 15 is 0 Å². The van der Waals surface area contributed by atoms with E-state index in [-0.39, 0.29) is 11.8 Å². The average molecular weight is 289 g/mol. The zero-order valence-electron chi connectivity index (χ0n) is 11.0. The summed E-state index contributed by atoms with van der Waals surface area (Å²) in [5.41, 5.74) is 1.09. The van der Waals surface area contributed by atoms with Crippen molar-refractivity contribution in [3.05, 3.63) is 48.0 Å². The van der Waals surface area contributed by atoms with Gasteiger partial charge in [0.15, 0.2) is 0 Å². The maximum Gasteiger partial charge on any atom is 0.237 e. The van der Waals surface area contributed by atoms with Gasteiger partial charge in [-0.3, -0.25) is 9.52 Å². The van der Waals surface area contributed by atoms with E-state index < -0.39 is 15.9 Å². The van der Waals surface area contributed by atoms with Gasteiger partial charge in [-0.1, -0.05) is 42.5 Å². The molecule has 2 aromatic carbocycles. The first-order chi connectivity index (χ1) is 9.44. The Kier molecular flexibility index (Phi) is 3.01. The smallest absolute Gasteiger partial charge is 0.237 e. The Labute approximate surface area is 117 Å². The van der Waals surface area contributed by atoms with Crippen molar-refractivity contribution in [2.24, 2.45) is 5.92 Å². The van der Waals surface area contributed by atoms with Gasteiger partial charge in [0, 0.05) is 5.92 Å². The summed E-state index contributed by atoms with van der Waals surface area (Å²) in [5.74, 6) is -0.502. The molecule has 0 bridgehead atoms. The summed E-state index contributed by atoms with van der Waals surface area (Å²) in [6.45, 7) is 0. The Morgan fingerprint density at radius 2 is 1.85 bits per heavy atom. The van der Waals surface area contributed by atoms with Crippen LogP contribution in [0, 0.1) is 5.92 Å². The number of amides is 1. The zero-order valence-corrected chi connectivity index (χ0v) is 11.9. The summed E-state index contributed by atoms with van der Waals surface area (Å²) < 4.78 is 24.2. The highest BCUT2D eigenvalue weighted by molar-refractivity contribution is 7.89. The van der Waals surface area contributed by atoms with E-state index in [2.05, 4.69) is 10.8 Å². The van der Waals surface area contributed by atoms with Gasteiger partial charge in [0.2, 0.25) is 15.9 Å². The highest BCUT2D eigenvalue weighted by Gasteiger charge is 2.44. The molecule has 1 aliphatic carbocycles. The number of carbonyl (C=O) groups excluding carboxylic acids is 1. The Morgan fingerprint density at radius 3 is 2.55 bits per heavy atom. The monoisotopic (exact) mass is 289 g/mol. The van der Waals surface area contributed by atoms with Crippen molar-refractivity contribution in [3.8, 4) is 0 Å². The molecule has 0 saturated heterocycles. The molecule has 1 saturated carbocycles.